The molecule has 9 nitrogen and oxygen atoms in total. The Kier molecular flexibility index (Phi) is 11.4. The summed E-state index contributed by atoms with van der Waals surface area (Å²) >= 11 is 0. The summed E-state index contributed by atoms with van der Waals surface area (Å²) in [5.74, 6) is 1.18. The zero-order chi connectivity index (χ0) is 30.4. The third-order valence-electron chi connectivity index (χ3n) is 6.54. The van der Waals surface area contributed by atoms with E-state index in [4.69, 9.17) is 14.2 Å². The fourth-order valence-electron chi connectivity index (χ4n) is 4.43. The Balaban J connectivity index is 0.000000296. The Morgan fingerprint density at radius 1 is 0.860 bits per heavy atom. The van der Waals surface area contributed by atoms with Gasteiger partial charge in [-0.25, -0.2) is 4.79 Å². The van der Waals surface area contributed by atoms with Crippen molar-refractivity contribution in [2.75, 3.05) is 43.6 Å². The van der Waals surface area contributed by atoms with Gasteiger partial charge in [-0.3, -0.25) is 4.79 Å². The predicted molar refractivity (Wildman–Crippen MR) is 166 cm³/mol. The molecule has 0 amide bonds. The summed E-state index contributed by atoms with van der Waals surface area (Å²) < 4.78 is 21.7. The molecule has 0 spiro atoms. The Hall–Kier alpha value is -5.02. The molecule has 0 saturated heterocycles. The summed E-state index contributed by atoms with van der Waals surface area (Å²) in [5, 5.41) is 12.2. The Morgan fingerprint density at radius 2 is 1.47 bits per heavy atom. The van der Waals surface area contributed by atoms with Crippen LogP contribution in [-0.4, -0.2) is 56.6 Å². The summed E-state index contributed by atoms with van der Waals surface area (Å²) in [6, 6.07) is 32.9. The number of ether oxygens (including phenoxy) is 4. The fourth-order valence-corrected chi connectivity index (χ4v) is 4.43. The molecule has 0 radical (unpaired) electrons. The van der Waals surface area contributed by atoms with Gasteiger partial charge in [0.1, 0.15) is 18.9 Å². The molecule has 4 aromatic rings. The molecule has 0 aliphatic carbocycles. The van der Waals surface area contributed by atoms with Crippen LogP contribution in [-0.2, 0) is 25.5 Å². The van der Waals surface area contributed by atoms with Crippen molar-refractivity contribution < 1.29 is 33.6 Å². The third kappa shape index (κ3) is 8.98. The van der Waals surface area contributed by atoms with Crippen LogP contribution < -0.4 is 19.7 Å². The third-order valence-corrected chi connectivity index (χ3v) is 6.54. The second-order valence-electron chi connectivity index (χ2n) is 9.46. The first kappa shape index (κ1) is 30.9. The quantitative estimate of drug-likeness (QED) is 0.185. The van der Waals surface area contributed by atoms with Crippen molar-refractivity contribution in [3.05, 3.63) is 109 Å². The summed E-state index contributed by atoms with van der Waals surface area (Å²) in [7, 11) is 1.37. The number of nitrogens with zero attached hydrogens (tertiary/aromatic N) is 1. The summed E-state index contributed by atoms with van der Waals surface area (Å²) in [4.78, 5) is 24.2. The lowest BCUT2D eigenvalue weighted by Gasteiger charge is -2.32. The summed E-state index contributed by atoms with van der Waals surface area (Å²) in [6.07, 6.45) is -0.511. The lowest BCUT2D eigenvalue weighted by atomic mass is 10.1. The van der Waals surface area contributed by atoms with E-state index in [1.54, 1.807) is 6.92 Å². The van der Waals surface area contributed by atoms with Crippen LogP contribution in [0.3, 0.4) is 0 Å². The minimum Gasteiger partial charge on any atom is -0.492 e. The van der Waals surface area contributed by atoms with Crippen molar-refractivity contribution in [1.29, 1.82) is 0 Å². The second kappa shape index (κ2) is 15.8. The average molecular weight is 585 g/mol. The van der Waals surface area contributed by atoms with Crippen LogP contribution in [0.2, 0.25) is 0 Å². The molecule has 1 unspecified atom stereocenters. The largest absolute Gasteiger partial charge is 0.492 e. The van der Waals surface area contributed by atoms with Crippen molar-refractivity contribution >= 4 is 29.0 Å². The molecular formula is C34H36N2O7. The second-order valence-corrected chi connectivity index (χ2v) is 9.46. The van der Waals surface area contributed by atoms with Gasteiger partial charge in [0.05, 0.1) is 25.0 Å². The number of hydrogen-bond donors (Lipinski definition) is 2. The molecule has 9 heteroatoms. The van der Waals surface area contributed by atoms with E-state index in [1.807, 2.05) is 103 Å². The van der Waals surface area contributed by atoms with Crippen LogP contribution in [0, 0.1) is 0 Å². The maximum Gasteiger partial charge on any atom is 0.333 e. The molecule has 43 heavy (non-hydrogen) atoms. The molecule has 0 aromatic heterocycles. The van der Waals surface area contributed by atoms with Crippen molar-refractivity contribution in [3.8, 4) is 17.2 Å². The smallest absolute Gasteiger partial charge is 0.333 e. The number of carbonyl (C=O) groups excluding carboxylic acids is 1. The van der Waals surface area contributed by atoms with E-state index in [2.05, 4.69) is 15.0 Å². The number of aliphatic carboxylic acids is 1. The Morgan fingerprint density at radius 3 is 2.05 bits per heavy atom. The number of carboxylic acids is 1. The first-order valence-electron chi connectivity index (χ1n) is 14.0. The van der Waals surface area contributed by atoms with Gasteiger partial charge in [-0.15, -0.1) is 0 Å². The van der Waals surface area contributed by atoms with Gasteiger partial charge in [-0.2, -0.15) is 0 Å². The van der Waals surface area contributed by atoms with E-state index in [9.17, 15) is 14.7 Å². The van der Waals surface area contributed by atoms with Crippen LogP contribution in [0.4, 0.5) is 17.1 Å². The molecule has 1 atom stereocenters. The highest BCUT2D eigenvalue weighted by Crippen LogP contribution is 2.45. The first-order valence-corrected chi connectivity index (χ1v) is 14.0. The van der Waals surface area contributed by atoms with Crippen molar-refractivity contribution in [2.24, 2.45) is 0 Å². The SMILES string of the molecule is CCOC(Cc1ccc(OCCN2c3ccccc3Oc3ccccc32)cc1)C(=O)O.COC(=O)CNc1ccccc1. The normalized spacial score (nSPS) is 11.9. The van der Waals surface area contributed by atoms with Crippen LogP contribution in [0.1, 0.15) is 12.5 Å². The van der Waals surface area contributed by atoms with Crippen LogP contribution in [0.25, 0.3) is 0 Å². The highest BCUT2D eigenvalue weighted by molar-refractivity contribution is 5.78. The van der Waals surface area contributed by atoms with Crippen LogP contribution in [0.15, 0.2) is 103 Å². The molecule has 1 aliphatic heterocycles. The molecule has 224 valence electrons. The molecule has 1 heterocycles. The van der Waals surface area contributed by atoms with Gasteiger partial charge < -0.3 is 34.3 Å². The number of anilines is 3. The number of carbonyl (C=O) groups is 2. The number of para-hydroxylation sites is 5. The minimum atomic E-state index is -0.951. The number of fused-ring (bicyclic) bond motifs is 2. The standard InChI is InChI=1S/C25H25NO5.C9H11NO2/c1-2-29-24(25(27)28)17-18-11-13-19(14-12-18)30-16-15-26-20-7-3-5-9-22(20)31-23-10-6-4-8-21(23)26;1-12-9(11)7-10-8-5-3-2-4-6-8/h3-14,24H,2,15-17H2,1H3,(H,27,28);2-6,10H,7H2,1H3. The number of rotatable bonds is 12. The number of carboxylic acid groups (broad SMARTS) is 1. The van der Waals surface area contributed by atoms with Crippen molar-refractivity contribution in [2.45, 2.75) is 19.4 Å². The maximum atomic E-state index is 11.3. The average Bonchev–Trinajstić information content (AvgIpc) is 3.04. The number of hydrogen-bond acceptors (Lipinski definition) is 8. The van der Waals surface area contributed by atoms with Crippen molar-refractivity contribution in [1.82, 2.24) is 0 Å². The van der Waals surface area contributed by atoms with Crippen LogP contribution >= 0.6 is 0 Å². The highest BCUT2D eigenvalue weighted by atomic mass is 16.5. The van der Waals surface area contributed by atoms with E-state index in [-0.39, 0.29) is 12.5 Å². The predicted octanol–water partition coefficient (Wildman–Crippen LogP) is 6.31. The monoisotopic (exact) mass is 584 g/mol. The number of esters is 1. The molecule has 0 fully saturated rings. The molecule has 1 aliphatic rings. The molecule has 2 N–H and O–H groups in total. The topological polar surface area (TPSA) is 107 Å². The summed E-state index contributed by atoms with van der Waals surface area (Å²) in [6.45, 7) is 3.51. The van der Waals surface area contributed by atoms with Crippen molar-refractivity contribution in [3.63, 3.8) is 0 Å². The minimum absolute atomic E-state index is 0.209. The van der Waals surface area contributed by atoms with E-state index < -0.39 is 12.1 Å². The zero-order valence-corrected chi connectivity index (χ0v) is 24.3. The maximum absolute atomic E-state index is 11.3. The van der Waals surface area contributed by atoms with E-state index in [0.717, 1.165) is 39.9 Å². The van der Waals surface area contributed by atoms with E-state index >= 15 is 0 Å². The van der Waals surface area contributed by atoms with Gasteiger partial charge in [0, 0.05) is 18.7 Å². The molecular weight excluding hydrogens is 548 g/mol. The fraction of sp³-hybridized carbons (Fsp3) is 0.235. The van der Waals surface area contributed by atoms with Gasteiger partial charge >= 0.3 is 11.9 Å². The van der Waals surface area contributed by atoms with E-state index in [0.29, 0.717) is 26.2 Å². The van der Waals surface area contributed by atoms with Gasteiger partial charge in [-0.1, -0.05) is 54.6 Å². The Bertz CT molecular complexity index is 1420. The lowest BCUT2D eigenvalue weighted by molar-refractivity contribution is -0.150. The molecule has 0 bridgehead atoms. The molecule has 0 saturated carbocycles. The number of benzene rings is 4. The Labute approximate surface area is 251 Å². The van der Waals surface area contributed by atoms with Gasteiger partial charge in [-0.05, 0) is 61.0 Å². The van der Waals surface area contributed by atoms with E-state index in [1.165, 1.54) is 7.11 Å². The highest BCUT2D eigenvalue weighted by Gasteiger charge is 2.23. The van der Waals surface area contributed by atoms with Gasteiger partial charge in [0.15, 0.2) is 17.6 Å². The molecule has 4 aromatic carbocycles. The number of nitrogens with one attached hydrogen (secondary N) is 1. The summed E-state index contributed by atoms with van der Waals surface area (Å²) in [5.41, 5.74) is 3.83. The van der Waals surface area contributed by atoms with Gasteiger partial charge in [0.25, 0.3) is 0 Å². The zero-order valence-electron chi connectivity index (χ0n) is 24.3. The van der Waals surface area contributed by atoms with Crippen LogP contribution in [0.5, 0.6) is 17.2 Å². The lowest BCUT2D eigenvalue weighted by Crippen LogP contribution is -2.26. The first-order chi connectivity index (χ1) is 21.0. The van der Waals surface area contributed by atoms with Gasteiger partial charge in [0.2, 0.25) is 0 Å². The molecule has 5 rings (SSSR count). The number of methoxy groups -OCH3 is 1.